The first-order valence-electron chi connectivity index (χ1n) is 9.89. The summed E-state index contributed by atoms with van der Waals surface area (Å²) in [5.41, 5.74) is 1.39. The summed E-state index contributed by atoms with van der Waals surface area (Å²) in [4.78, 5) is 26.1. The number of rotatable bonds is 7. The zero-order valence-electron chi connectivity index (χ0n) is 16.7. The molecule has 152 valence electrons. The minimum atomic E-state index is -1.05. The molecule has 0 saturated heterocycles. The van der Waals surface area contributed by atoms with E-state index in [1.54, 1.807) is 60.7 Å². The Morgan fingerprint density at radius 3 is 1.81 bits per heavy atom. The largest absolute Gasteiger partial charge is 0.457 e. The summed E-state index contributed by atoms with van der Waals surface area (Å²) in [5.74, 6) is 0.286. The van der Waals surface area contributed by atoms with E-state index in [2.05, 4.69) is 0 Å². The number of para-hydroxylation sites is 1. The molecule has 1 atom stereocenters. The smallest absolute Gasteiger partial charge is 0.339 e. The van der Waals surface area contributed by atoms with Crippen LogP contribution in [0.25, 0.3) is 0 Å². The molecule has 0 fully saturated rings. The molecule has 0 aliphatic heterocycles. The fourth-order valence-corrected chi connectivity index (χ4v) is 3.14. The Morgan fingerprint density at radius 1 is 0.581 bits per heavy atom. The van der Waals surface area contributed by atoms with Gasteiger partial charge >= 0.3 is 5.97 Å². The third kappa shape index (κ3) is 5.06. The molecule has 4 heteroatoms. The van der Waals surface area contributed by atoms with Gasteiger partial charge in [0.2, 0.25) is 5.78 Å². The van der Waals surface area contributed by atoms with Gasteiger partial charge in [0.1, 0.15) is 11.5 Å². The molecule has 0 aliphatic carbocycles. The summed E-state index contributed by atoms with van der Waals surface area (Å²) < 4.78 is 11.5. The Hall–Kier alpha value is -4.18. The monoisotopic (exact) mass is 408 g/mol. The lowest BCUT2D eigenvalue weighted by molar-refractivity contribution is 0.0280. The van der Waals surface area contributed by atoms with Crippen molar-refractivity contribution in [2.45, 2.75) is 6.10 Å². The molecule has 0 heterocycles. The molecule has 0 spiro atoms. The van der Waals surface area contributed by atoms with Crippen LogP contribution in [-0.2, 0) is 4.74 Å². The summed E-state index contributed by atoms with van der Waals surface area (Å²) in [6.45, 7) is 0. The number of Topliss-reactive ketones (excluding diaryl/α,β-unsaturated/α-hetero) is 1. The van der Waals surface area contributed by atoms with Crippen molar-refractivity contribution >= 4 is 11.8 Å². The first-order chi connectivity index (χ1) is 15.2. The number of ketones is 1. The van der Waals surface area contributed by atoms with E-state index in [1.165, 1.54) is 0 Å². The van der Waals surface area contributed by atoms with Gasteiger partial charge in [0.05, 0.1) is 5.56 Å². The Labute approximate surface area is 180 Å². The molecule has 0 radical (unpaired) electrons. The standard InChI is InChI=1S/C27H20O4/c28-25(20-11-4-1-5-12-20)26(21-13-6-2-7-14-21)31-27(29)22-15-10-18-24(19-22)30-23-16-8-3-9-17-23/h1-19,26H. The molecule has 1 unspecified atom stereocenters. The molecule has 4 nitrogen and oxygen atoms in total. The van der Waals surface area contributed by atoms with Crippen molar-refractivity contribution in [1.29, 1.82) is 0 Å². The van der Waals surface area contributed by atoms with Crippen molar-refractivity contribution in [3.8, 4) is 11.5 Å². The van der Waals surface area contributed by atoms with Gasteiger partial charge in [-0.05, 0) is 30.3 Å². The summed E-state index contributed by atoms with van der Waals surface area (Å²) in [5, 5.41) is 0. The van der Waals surface area contributed by atoms with Crippen molar-refractivity contribution in [3.05, 3.63) is 132 Å². The van der Waals surface area contributed by atoms with E-state index in [1.807, 2.05) is 54.6 Å². The van der Waals surface area contributed by atoms with E-state index >= 15 is 0 Å². The fraction of sp³-hybridized carbons (Fsp3) is 0.0370. The molecule has 0 amide bonds. The number of benzene rings is 4. The maximum Gasteiger partial charge on any atom is 0.339 e. The summed E-state index contributed by atoms with van der Waals surface area (Å²) in [7, 11) is 0. The molecule has 0 N–H and O–H groups in total. The van der Waals surface area contributed by atoms with Crippen LogP contribution in [0.15, 0.2) is 115 Å². The van der Waals surface area contributed by atoms with E-state index in [0.717, 1.165) is 0 Å². The second-order valence-corrected chi connectivity index (χ2v) is 6.87. The highest BCUT2D eigenvalue weighted by atomic mass is 16.5. The highest BCUT2D eigenvalue weighted by Gasteiger charge is 2.26. The molecule has 31 heavy (non-hydrogen) atoms. The molecule has 0 bridgehead atoms. The molecule has 0 aromatic heterocycles. The van der Waals surface area contributed by atoms with Crippen LogP contribution in [0.3, 0.4) is 0 Å². The van der Waals surface area contributed by atoms with Gasteiger partial charge in [-0.25, -0.2) is 4.79 Å². The highest BCUT2D eigenvalue weighted by Crippen LogP contribution is 2.26. The topological polar surface area (TPSA) is 52.6 Å². The molecule has 0 aliphatic rings. The quantitative estimate of drug-likeness (QED) is 0.267. The van der Waals surface area contributed by atoms with Gasteiger partial charge < -0.3 is 9.47 Å². The normalized spacial score (nSPS) is 11.4. The Bertz CT molecular complexity index is 1160. The van der Waals surface area contributed by atoms with E-state index in [0.29, 0.717) is 28.2 Å². The predicted molar refractivity (Wildman–Crippen MR) is 118 cm³/mol. The average molecular weight is 408 g/mol. The number of hydrogen-bond acceptors (Lipinski definition) is 4. The molecule has 0 saturated carbocycles. The van der Waals surface area contributed by atoms with Gasteiger partial charge in [-0.15, -0.1) is 0 Å². The van der Waals surface area contributed by atoms with E-state index in [4.69, 9.17) is 9.47 Å². The van der Waals surface area contributed by atoms with Crippen molar-refractivity contribution in [1.82, 2.24) is 0 Å². The Morgan fingerprint density at radius 2 is 1.13 bits per heavy atom. The van der Waals surface area contributed by atoms with Crippen LogP contribution in [0.4, 0.5) is 0 Å². The minimum Gasteiger partial charge on any atom is -0.457 e. The zero-order valence-corrected chi connectivity index (χ0v) is 16.7. The number of hydrogen-bond donors (Lipinski definition) is 0. The van der Waals surface area contributed by atoms with Gasteiger partial charge in [0.15, 0.2) is 6.10 Å². The van der Waals surface area contributed by atoms with Crippen LogP contribution in [0.1, 0.15) is 32.4 Å². The molecule has 4 aromatic rings. The lowest BCUT2D eigenvalue weighted by atomic mass is 10.00. The van der Waals surface area contributed by atoms with Crippen molar-refractivity contribution in [3.63, 3.8) is 0 Å². The maximum absolute atomic E-state index is 13.1. The van der Waals surface area contributed by atoms with Crippen molar-refractivity contribution in [2.75, 3.05) is 0 Å². The summed E-state index contributed by atoms with van der Waals surface area (Å²) in [6.07, 6.45) is -1.05. The number of ether oxygens (including phenoxy) is 2. The highest BCUT2D eigenvalue weighted by molar-refractivity contribution is 6.02. The second kappa shape index (κ2) is 9.55. The molecule has 4 aromatic carbocycles. The first-order valence-corrected chi connectivity index (χ1v) is 9.89. The fourth-order valence-electron chi connectivity index (χ4n) is 3.14. The van der Waals surface area contributed by atoms with Crippen LogP contribution in [-0.4, -0.2) is 11.8 Å². The van der Waals surface area contributed by atoms with Gasteiger partial charge in [-0.1, -0.05) is 84.9 Å². The van der Waals surface area contributed by atoms with Gasteiger partial charge in [0, 0.05) is 11.1 Å². The van der Waals surface area contributed by atoms with Gasteiger partial charge in [0.25, 0.3) is 0 Å². The van der Waals surface area contributed by atoms with Crippen LogP contribution in [0, 0.1) is 0 Å². The molecular weight excluding hydrogens is 388 g/mol. The van der Waals surface area contributed by atoms with E-state index in [9.17, 15) is 9.59 Å². The second-order valence-electron chi connectivity index (χ2n) is 6.87. The van der Waals surface area contributed by atoms with Crippen molar-refractivity contribution < 1.29 is 19.1 Å². The van der Waals surface area contributed by atoms with E-state index < -0.39 is 12.1 Å². The average Bonchev–Trinajstić information content (AvgIpc) is 2.84. The number of esters is 1. The minimum absolute atomic E-state index is 0.281. The third-order valence-electron chi connectivity index (χ3n) is 4.67. The van der Waals surface area contributed by atoms with Crippen LogP contribution in [0.2, 0.25) is 0 Å². The number of carbonyl (C=O) groups excluding carboxylic acids is 2. The van der Waals surface area contributed by atoms with Crippen LogP contribution in [0.5, 0.6) is 11.5 Å². The lowest BCUT2D eigenvalue weighted by Gasteiger charge is -2.18. The Balaban J connectivity index is 1.58. The van der Waals surface area contributed by atoms with E-state index in [-0.39, 0.29) is 5.78 Å². The third-order valence-corrected chi connectivity index (χ3v) is 4.67. The summed E-state index contributed by atoms with van der Waals surface area (Å²) in [6, 6.07) is 33.8. The molecular formula is C27H20O4. The van der Waals surface area contributed by atoms with Gasteiger partial charge in [-0.2, -0.15) is 0 Å². The zero-order chi connectivity index (χ0) is 21.5. The van der Waals surface area contributed by atoms with Crippen LogP contribution >= 0.6 is 0 Å². The van der Waals surface area contributed by atoms with Gasteiger partial charge in [-0.3, -0.25) is 4.79 Å². The summed E-state index contributed by atoms with van der Waals surface area (Å²) >= 11 is 0. The predicted octanol–water partition coefficient (Wildman–Crippen LogP) is 6.26. The van der Waals surface area contributed by atoms with Crippen LogP contribution < -0.4 is 4.74 Å². The molecule has 4 rings (SSSR count). The lowest BCUT2D eigenvalue weighted by Crippen LogP contribution is -2.20. The van der Waals surface area contributed by atoms with Crippen molar-refractivity contribution in [2.24, 2.45) is 0 Å². The maximum atomic E-state index is 13.1. The number of carbonyl (C=O) groups is 2. The first kappa shape index (κ1) is 20.1. The Kier molecular flexibility index (Phi) is 6.19. The SMILES string of the molecule is O=C(OC(C(=O)c1ccccc1)c1ccccc1)c1cccc(Oc2ccccc2)c1.